The van der Waals surface area contributed by atoms with Crippen molar-refractivity contribution in [1.29, 1.82) is 0 Å². The van der Waals surface area contributed by atoms with E-state index in [4.69, 9.17) is 20.2 Å². The summed E-state index contributed by atoms with van der Waals surface area (Å²) in [4.78, 5) is 4.72. The van der Waals surface area contributed by atoms with Gasteiger partial charge in [-0.25, -0.2) is 4.98 Å². The van der Waals surface area contributed by atoms with Crippen LogP contribution in [0.3, 0.4) is 0 Å². The zero-order valence-corrected chi connectivity index (χ0v) is 12.7. The number of fused-ring (bicyclic) bond motifs is 1. The maximum Gasteiger partial charge on any atom is 0.128 e. The Morgan fingerprint density at radius 2 is 2.10 bits per heavy atom. The average molecular weight is 287 g/mol. The molecule has 21 heavy (non-hydrogen) atoms. The van der Waals surface area contributed by atoms with Gasteiger partial charge in [-0.3, -0.25) is 0 Å². The van der Waals surface area contributed by atoms with Gasteiger partial charge >= 0.3 is 0 Å². The Kier molecular flexibility index (Phi) is 3.59. The summed E-state index contributed by atoms with van der Waals surface area (Å²) in [6.07, 6.45) is 3.04. The maximum absolute atomic E-state index is 6.22. The third-order valence-corrected chi connectivity index (χ3v) is 3.99. The molecule has 0 amide bonds. The molecule has 3 rings (SSSR count). The lowest BCUT2D eigenvalue weighted by Crippen LogP contribution is -2.26. The average Bonchev–Trinajstić information content (AvgIpc) is 2.90. The highest BCUT2D eigenvalue weighted by molar-refractivity contribution is 5.69. The van der Waals surface area contributed by atoms with Gasteiger partial charge in [-0.15, -0.1) is 0 Å². The van der Waals surface area contributed by atoms with Crippen molar-refractivity contribution >= 4 is 0 Å². The maximum atomic E-state index is 6.22. The molecule has 5 nitrogen and oxygen atoms in total. The van der Waals surface area contributed by atoms with E-state index in [0.29, 0.717) is 5.92 Å². The fourth-order valence-corrected chi connectivity index (χ4v) is 2.97. The van der Waals surface area contributed by atoms with Crippen molar-refractivity contribution in [2.24, 2.45) is 11.7 Å². The standard InChI is InChI=1S/C16H21N3O2/c1-10-6-13(17)16-18-14(9-19(16)8-10)12-7-11(20-2)4-5-15(12)21-3/h4-5,7,9-10,13H,6,8,17H2,1-3H3. The summed E-state index contributed by atoms with van der Waals surface area (Å²) >= 11 is 0. The molecular formula is C16H21N3O2. The number of nitrogens with two attached hydrogens (primary N) is 1. The molecule has 0 aliphatic carbocycles. The number of methoxy groups -OCH3 is 2. The molecule has 0 saturated heterocycles. The van der Waals surface area contributed by atoms with Crippen LogP contribution in [-0.4, -0.2) is 23.8 Å². The second-order valence-corrected chi connectivity index (χ2v) is 5.65. The van der Waals surface area contributed by atoms with Gasteiger partial charge < -0.3 is 19.8 Å². The van der Waals surface area contributed by atoms with Crippen molar-refractivity contribution in [3.63, 3.8) is 0 Å². The van der Waals surface area contributed by atoms with Crippen LogP contribution < -0.4 is 15.2 Å². The van der Waals surface area contributed by atoms with Crippen LogP contribution in [0.5, 0.6) is 11.5 Å². The molecule has 0 saturated carbocycles. The van der Waals surface area contributed by atoms with Gasteiger partial charge in [0.05, 0.1) is 26.0 Å². The van der Waals surface area contributed by atoms with Gasteiger partial charge in [-0.2, -0.15) is 0 Å². The Balaban J connectivity index is 2.07. The van der Waals surface area contributed by atoms with E-state index in [2.05, 4.69) is 17.7 Å². The Bertz CT molecular complexity index is 651. The highest BCUT2D eigenvalue weighted by Crippen LogP contribution is 2.35. The zero-order valence-electron chi connectivity index (χ0n) is 12.7. The van der Waals surface area contributed by atoms with Crippen LogP contribution in [0.25, 0.3) is 11.3 Å². The normalized spacial score (nSPS) is 21.0. The highest BCUT2D eigenvalue weighted by atomic mass is 16.5. The first-order valence-electron chi connectivity index (χ1n) is 7.17. The summed E-state index contributed by atoms with van der Waals surface area (Å²) in [5.74, 6) is 3.09. The number of aromatic nitrogens is 2. The minimum Gasteiger partial charge on any atom is -0.497 e. The van der Waals surface area contributed by atoms with Gasteiger partial charge in [-0.05, 0) is 30.5 Å². The molecule has 5 heteroatoms. The molecule has 0 fully saturated rings. The molecule has 2 unspecified atom stereocenters. The van der Waals surface area contributed by atoms with Gasteiger partial charge in [0.1, 0.15) is 17.3 Å². The van der Waals surface area contributed by atoms with Crippen molar-refractivity contribution in [2.45, 2.75) is 25.9 Å². The molecule has 112 valence electrons. The molecule has 2 N–H and O–H groups in total. The zero-order chi connectivity index (χ0) is 15.0. The molecule has 0 radical (unpaired) electrons. The third-order valence-electron chi connectivity index (χ3n) is 3.99. The minimum absolute atomic E-state index is 0.000831. The van der Waals surface area contributed by atoms with Gasteiger partial charge in [0, 0.05) is 18.3 Å². The van der Waals surface area contributed by atoms with Gasteiger partial charge in [0.2, 0.25) is 0 Å². The van der Waals surface area contributed by atoms with Crippen molar-refractivity contribution in [3.8, 4) is 22.8 Å². The van der Waals surface area contributed by atoms with E-state index in [0.717, 1.165) is 41.5 Å². The van der Waals surface area contributed by atoms with E-state index < -0.39 is 0 Å². The topological polar surface area (TPSA) is 62.3 Å². The Hall–Kier alpha value is -2.01. The number of ether oxygens (including phenoxy) is 2. The quantitative estimate of drug-likeness (QED) is 0.942. The summed E-state index contributed by atoms with van der Waals surface area (Å²) in [5.41, 5.74) is 8.02. The first-order valence-corrected chi connectivity index (χ1v) is 7.17. The summed E-state index contributed by atoms with van der Waals surface area (Å²) in [6.45, 7) is 3.18. The first kappa shape index (κ1) is 13.9. The van der Waals surface area contributed by atoms with Gasteiger partial charge in [-0.1, -0.05) is 6.92 Å². The predicted molar refractivity (Wildman–Crippen MR) is 81.5 cm³/mol. The van der Waals surface area contributed by atoms with Gasteiger partial charge in [0.25, 0.3) is 0 Å². The van der Waals surface area contributed by atoms with Crippen LogP contribution in [0.15, 0.2) is 24.4 Å². The molecular weight excluding hydrogens is 266 g/mol. The van der Waals surface area contributed by atoms with Crippen molar-refractivity contribution in [1.82, 2.24) is 9.55 Å². The van der Waals surface area contributed by atoms with E-state index in [1.54, 1.807) is 14.2 Å². The summed E-state index contributed by atoms with van der Waals surface area (Å²) in [6, 6.07) is 5.72. The van der Waals surface area contributed by atoms with Crippen molar-refractivity contribution in [2.75, 3.05) is 14.2 Å². The Labute approximate surface area is 124 Å². The largest absolute Gasteiger partial charge is 0.497 e. The third kappa shape index (κ3) is 2.49. The highest BCUT2D eigenvalue weighted by Gasteiger charge is 2.25. The van der Waals surface area contributed by atoms with E-state index in [-0.39, 0.29) is 6.04 Å². The van der Waals surface area contributed by atoms with E-state index in [1.165, 1.54) is 0 Å². The summed E-state index contributed by atoms with van der Waals surface area (Å²) in [5, 5.41) is 0. The van der Waals surface area contributed by atoms with Gasteiger partial charge in [0.15, 0.2) is 0 Å². The Morgan fingerprint density at radius 3 is 2.81 bits per heavy atom. The van der Waals surface area contributed by atoms with Crippen LogP contribution >= 0.6 is 0 Å². The van der Waals surface area contributed by atoms with Crippen LogP contribution in [0.2, 0.25) is 0 Å². The first-order chi connectivity index (χ1) is 10.1. The number of benzene rings is 1. The lowest BCUT2D eigenvalue weighted by Gasteiger charge is -2.25. The molecule has 2 aromatic rings. The van der Waals surface area contributed by atoms with E-state index in [9.17, 15) is 0 Å². The second kappa shape index (κ2) is 5.41. The van der Waals surface area contributed by atoms with Crippen LogP contribution in [0.1, 0.15) is 25.2 Å². The number of nitrogens with zero attached hydrogens (tertiary/aromatic N) is 2. The number of hydrogen-bond donors (Lipinski definition) is 1. The fourth-order valence-electron chi connectivity index (χ4n) is 2.97. The molecule has 1 aliphatic rings. The molecule has 1 aliphatic heterocycles. The molecule has 0 spiro atoms. The monoisotopic (exact) mass is 287 g/mol. The molecule has 2 heterocycles. The number of imidazole rings is 1. The lowest BCUT2D eigenvalue weighted by atomic mass is 9.98. The number of rotatable bonds is 3. The SMILES string of the molecule is COc1ccc(OC)c(-c2cn3c(n2)C(N)CC(C)C3)c1. The van der Waals surface area contributed by atoms with Crippen LogP contribution in [0.4, 0.5) is 0 Å². The summed E-state index contributed by atoms with van der Waals surface area (Å²) < 4.78 is 12.9. The second-order valence-electron chi connectivity index (χ2n) is 5.65. The molecule has 1 aromatic heterocycles. The fraction of sp³-hybridized carbons (Fsp3) is 0.438. The number of hydrogen-bond acceptors (Lipinski definition) is 4. The van der Waals surface area contributed by atoms with Crippen molar-refractivity contribution < 1.29 is 9.47 Å². The predicted octanol–water partition coefficient (Wildman–Crippen LogP) is 2.61. The lowest BCUT2D eigenvalue weighted by molar-refractivity contribution is 0.346. The van der Waals surface area contributed by atoms with Crippen LogP contribution in [0, 0.1) is 5.92 Å². The summed E-state index contributed by atoms with van der Waals surface area (Å²) in [7, 11) is 3.32. The van der Waals surface area contributed by atoms with Crippen molar-refractivity contribution in [3.05, 3.63) is 30.2 Å². The van der Waals surface area contributed by atoms with Crippen LogP contribution in [-0.2, 0) is 6.54 Å². The molecule has 2 atom stereocenters. The van der Waals surface area contributed by atoms with E-state index >= 15 is 0 Å². The minimum atomic E-state index is -0.000831. The Morgan fingerprint density at radius 1 is 1.29 bits per heavy atom. The van der Waals surface area contributed by atoms with E-state index in [1.807, 2.05) is 18.2 Å². The molecule has 0 bridgehead atoms. The molecule has 1 aromatic carbocycles. The smallest absolute Gasteiger partial charge is 0.128 e.